The van der Waals surface area contributed by atoms with Crippen molar-refractivity contribution in [3.05, 3.63) is 53.1 Å². The van der Waals surface area contributed by atoms with Crippen molar-refractivity contribution >= 4 is 39.6 Å². The van der Waals surface area contributed by atoms with E-state index >= 15 is 0 Å². The largest absolute Gasteiger partial charge is 0.359 e. The first kappa shape index (κ1) is 17.4. The minimum absolute atomic E-state index is 0.0621. The number of thiol groups is 1. The Bertz CT molecular complexity index is 919. The molecule has 7 heteroatoms. The fourth-order valence-electron chi connectivity index (χ4n) is 3.88. The number of rotatable bonds is 3. The fourth-order valence-corrected chi connectivity index (χ4v) is 4.47. The molecule has 2 aliphatic heterocycles. The van der Waals surface area contributed by atoms with Crippen molar-refractivity contribution in [3.8, 4) is 0 Å². The summed E-state index contributed by atoms with van der Waals surface area (Å²) in [5.41, 5.74) is 3.03. The first-order valence-corrected chi connectivity index (χ1v) is 10.2. The number of carbonyl (C=O) groups excluding carboxylic acids is 1. The molecule has 2 aromatic rings. The number of aryl methyl sites for hydroxylation is 1. The monoisotopic (exact) mass is 390 g/mol. The van der Waals surface area contributed by atoms with Gasteiger partial charge in [-0.1, -0.05) is 11.6 Å². The molecule has 1 fully saturated rings. The van der Waals surface area contributed by atoms with Crippen LogP contribution in [0.3, 0.4) is 0 Å². The summed E-state index contributed by atoms with van der Waals surface area (Å²) in [6, 6.07) is 12.2. The van der Waals surface area contributed by atoms with Crippen LogP contribution in [0.25, 0.3) is 0 Å². The van der Waals surface area contributed by atoms with Crippen LogP contribution in [-0.2, 0) is 21.9 Å². The predicted molar refractivity (Wildman–Crippen MR) is 103 cm³/mol. The number of fused-ring (bicyclic) bond motifs is 1. The zero-order chi connectivity index (χ0) is 18.3. The molecular weight excluding hydrogens is 372 g/mol. The maximum absolute atomic E-state index is 13.0. The van der Waals surface area contributed by atoms with Gasteiger partial charge in [0.1, 0.15) is 6.04 Å². The van der Waals surface area contributed by atoms with E-state index in [9.17, 15) is 13.2 Å². The van der Waals surface area contributed by atoms with E-state index in [2.05, 4.69) is 4.90 Å². The number of hydrogen-bond donors (Lipinski definition) is 1. The summed E-state index contributed by atoms with van der Waals surface area (Å²) in [6.07, 6.45) is 2.73. The molecule has 0 bridgehead atoms. The van der Waals surface area contributed by atoms with E-state index in [1.807, 2.05) is 18.2 Å². The molecule has 1 amide bonds. The normalized spacial score (nSPS) is 19.9. The van der Waals surface area contributed by atoms with Crippen LogP contribution in [0.2, 0.25) is 5.02 Å². The first-order valence-electron chi connectivity index (χ1n) is 8.65. The van der Waals surface area contributed by atoms with Crippen molar-refractivity contribution in [2.24, 2.45) is 0 Å². The van der Waals surface area contributed by atoms with E-state index in [0.29, 0.717) is 6.54 Å². The molecule has 1 atom stereocenters. The van der Waals surface area contributed by atoms with Gasteiger partial charge in [0.05, 0.1) is 4.90 Å². The van der Waals surface area contributed by atoms with Gasteiger partial charge in [0.25, 0.3) is 0 Å². The molecule has 5 nitrogen and oxygen atoms in total. The highest BCUT2D eigenvalue weighted by molar-refractivity contribution is 7.72. The van der Waals surface area contributed by atoms with Crippen molar-refractivity contribution in [2.75, 3.05) is 22.9 Å². The number of nitrogens with zero attached hydrogens (tertiary/aromatic N) is 2. The minimum atomic E-state index is -2.60. The molecule has 1 saturated heterocycles. The van der Waals surface area contributed by atoms with Crippen molar-refractivity contribution in [1.82, 2.24) is 0 Å². The van der Waals surface area contributed by atoms with Gasteiger partial charge >= 0.3 is 0 Å². The number of hydrogen-bond acceptors (Lipinski definition) is 4. The van der Waals surface area contributed by atoms with Crippen molar-refractivity contribution in [2.45, 2.75) is 30.2 Å². The average molecular weight is 391 g/mol. The van der Waals surface area contributed by atoms with Crippen LogP contribution < -0.4 is 9.80 Å². The van der Waals surface area contributed by atoms with Crippen molar-refractivity contribution < 1.29 is 13.2 Å². The summed E-state index contributed by atoms with van der Waals surface area (Å²) in [5, 5.41) is 0.724. The second kappa shape index (κ2) is 6.93. The topological polar surface area (TPSA) is 57.7 Å². The van der Waals surface area contributed by atoms with Gasteiger partial charge in [-0.15, -0.1) is 0 Å². The molecule has 26 heavy (non-hydrogen) atoms. The minimum Gasteiger partial charge on any atom is -0.359 e. The number of carbonyl (C=O) groups is 1. The lowest BCUT2D eigenvalue weighted by atomic mass is 9.99. The van der Waals surface area contributed by atoms with Gasteiger partial charge in [-0.25, -0.2) is 8.42 Å². The second-order valence-corrected chi connectivity index (χ2v) is 8.10. The SMILES string of the molecule is O=C1[C@@H](N2CCCc3cc(Cl)ccc32)CCN1c1ccc([SH](=O)=O)cc1. The number of benzene rings is 2. The van der Waals surface area contributed by atoms with E-state index in [-0.39, 0.29) is 16.8 Å². The van der Waals surface area contributed by atoms with Crippen LogP contribution >= 0.6 is 11.6 Å². The zero-order valence-electron chi connectivity index (χ0n) is 14.1. The molecule has 0 aromatic heterocycles. The molecule has 136 valence electrons. The maximum atomic E-state index is 13.0. The highest BCUT2D eigenvalue weighted by Crippen LogP contribution is 2.34. The van der Waals surface area contributed by atoms with Gasteiger partial charge in [0.15, 0.2) is 10.7 Å². The van der Waals surface area contributed by atoms with Crippen LogP contribution in [0.15, 0.2) is 47.4 Å². The van der Waals surface area contributed by atoms with E-state index in [1.54, 1.807) is 29.2 Å². The summed E-state index contributed by atoms with van der Waals surface area (Å²) in [7, 11) is -2.60. The molecule has 0 radical (unpaired) electrons. The number of anilines is 2. The average Bonchev–Trinajstić information content (AvgIpc) is 3.02. The molecular formula is C19H19ClN2O3S. The summed E-state index contributed by atoms with van der Waals surface area (Å²) in [6.45, 7) is 1.49. The molecule has 0 aliphatic carbocycles. The van der Waals surface area contributed by atoms with Gasteiger partial charge in [0, 0.05) is 29.5 Å². The van der Waals surface area contributed by atoms with Crippen LogP contribution in [-0.4, -0.2) is 33.5 Å². The summed E-state index contributed by atoms with van der Waals surface area (Å²) < 4.78 is 22.1. The third-order valence-electron chi connectivity index (χ3n) is 5.12. The molecule has 2 aromatic carbocycles. The standard InChI is InChI=1S/C19H19ClN2O3S/c20-14-3-8-17-13(12-14)2-1-10-22(17)18-9-11-21(19(18)23)15-4-6-16(7-5-15)26(24)25/h3-8,12,18,26H,1-2,9-11H2/t18-/m0/s1. The predicted octanol–water partition coefficient (Wildman–Crippen LogP) is 2.87. The second-order valence-electron chi connectivity index (χ2n) is 6.64. The maximum Gasteiger partial charge on any atom is 0.249 e. The summed E-state index contributed by atoms with van der Waals surface area (Å²) in [5.74, 6) is 0.0621. The number of halogens is 1. The number of amides is 1. The highest BCUT2D eigenvalue weighted by atomic mass is 35.5. The quantitative estimate of drug-likeness (QED) is 0.819. The lowest BCUT2D eigenvalue weighted by molar-refractivity contribution is -0.118. The summed E-state index contributed by atoms with van der Waals surface area (Å²) in [4.78, 5) is 17.2. The lowest BCUT2D eigenvalue weighted by Crippen LogP contribution is -2.44. The Hall–Kier alpha value is -2.05. The third kappa shape index (κ3) is 3.08. The lowest BCUT2D eigenvalue weighted by Gasteiger charge is -2.35. The van der Waals surface area contributed by atoms with Crippen LogP contribution in [0.5, 0.6) is 0 Å². The molecule has 0 unspecified atom stereocenters. The molecule has 0 spiro atoms. The highest BCUT2D eigenvalue weighted by Gasteiger charge is 2.38. The van der Waals surface area contributed by atoms with Crippen LogP contribution in [0, 0.1) is 0 Å². The molecule has 2 heterocycles. The Balaban J connectivity index is 1.58. The molecule has 0 N–H and O–H groups in total. The van der Waals surface area contributed by atoms with Gasteiger partial charge in [-0.05, 0) is 67.3 Å². The van der Waals surface area contributed by atoms with Gasteiger partial charge < -0.3 is 9.80 Å². The van der Waals surface area contributed by atoms with Crippen molar-refractivity contribution in [3.63, 3.8) is 0 Å². The fraction of sp³-hybridized carbons (Fsp3) is 0.316. The Morgan fingerprint density at radius 1 is 1.04 bits per heavy atom. The van der Waals surface area contributed by atoms with Gasteiger partial charge in [-0.2, -0.15) is 0 Å². The van der Waals surface area contributed by atoms with E-state index in [0.717, 1.165) is 42.2 Å². The third-order valence-corrected chi connectivity index (χ3v) is 6.08. The van der Waals surface area contributed by atoms with Gasteiger partial charge in [-0.3, -0.25) is 4.79 Å². The smallest absolute Gasteiger partial charge is 0.249 e. The van der Waals surface area contributed by atoms with Gasteiger partial charge in [0.2, 0.25) is 5.91 Å². The molecule has 0 saturated carbocycles. The summed E-state index contributed by atoms with van der Waals surface area (Å²) >= 11 is 6.11. The van der Waals surface area contributed by atoms with Crippen LogP contribution in [0.4, 0.5) is 11.4 Å². The zero-order valence-corrected chi connectivity index (χ0v) is 15.7. The Morgan fingerprint density at radius 3 is 2.54 bits per heavy atom. The Kier molecular flexibility index (Phi) is 4.63. The Labute approximate surface area is 159 Å². The molecule has 4 rings (SSSR count). The van der Waals surface area contributed by atoms with E-state index in [4.69, 9.17) is 11.6 Å². The van der Waals surface area contributed by atoms with E-state index < -0.39 is 10.7 Å². The van der Waals surface area contributed by atoms with E-state index in [1.165, 1.54) is 5.56 Å². The first-order chi connectivity index (χ1) is 12.5. The van der Waals surface area contributed by atoms with Crippen molar-refractivity contribution in [1.29, 1.82) is 0 Å². The van der Waals surface area contributed by atoms with Crippen LogP contribution in [0.1, 0.15) is 18.4 Å². The Morgan fingerprint density at radius 2 is 1.81 bits per heavy atom. The molecule has 2 aliphatic rings.